The molecule has 7 heteroatoms. The summed E-state index contributed by atoms with van der Waals surface area (Å²) in [5.41, 5.74) is 0.617. The Morgan fingerprint density at radius 3 is 2.50 bits per heavy atom. The molecule has 3 nitrogen and oxygen atoms in total. The summed E-state index contributed by atoms with van der Waals surface area (Å²) in [6, 6.07) is 1.45. The number of alkyl halides is 4. The van der Waals surface area contributed by atoms with Crippen molar-refractivity contribution in [3.63, 3.8) is 0 Å². The van der Waals surface area contributed by atoms with Crippen molar-refractivity contribution in [3.05, 3.63) is 17.3 Å². The Bertz CT molecular complexity index is 382. The molecule has 0 aromatic carbocycles. The number of aryl methyl sites for hydroxylation is 1. The molecule has 90 valence electrons. The zero-order valence-corrected chi connectivity index (χ0v) is 10.1. The van der Waals surface area contributed by atoms with Gasteiger partial charge in [0.25, 0.3) is 0 Å². The first kappa shape index (κ1) is 13.1. The summed E-state index contributed by atoms with van der Waals surface area (Å²) in [6.07, 6.45) is -4.74. The fourth-order valence-corrected chi connectivity index (χ4v) is 1.49. The minimum atomic E-state index is -4.74. The standard InChI is InChI=1S/C9H9BrF3NO2/c1-5-3-7(15-2)6(4-10)14-8(5)16-9(11,12)13/h3H,4H2,1-2H3. The van der Waals surface area contributed by atoms with Gasteiger partial charge in [-0.15, -0.1) is 13.2 Å². The molecule has 0 aliphatic heterocycles. The zero-order valence-electron chi connectivity index (χ0n) is 8.56. The van der Waals surface area contributed by atoms with Crippen LogP contribution >= 0.6 is 15.9 Å². The van der Waals surface area contributed by atoms with E-state index in [1.807, 2.05) is 0 Å². The van der Waals surface area contributed by atoms with Crippen molar-refractivity contribution in [2.45, 2.75) is 18.6 Å². The Balaban J connectivity index is 3.11. The van der Waals surface area contributed by atoms with E-state index in [0.29, 0.717) is 11.4 Å². The van der Waals surface area contributed by atoms with Crippen LogP contribution in [0.1, 0.15) is 11.3 Å². The summed E-state index contributed by atoms with van der Waals surface area (Å²) in [6.45, 7) is 1.47. The van der Waals surface area contributed by atoms with Crippen LogP contribution in [-0.2, 0) is 5.33 Å². The van der Waals surface area contributed by atoms with Crippen LogP contribution in [0.5, 0.6) is 11.6 Å². The van der Waals surface area contributed by atoms with E-state index < -0.39 is 12.2 Å². The molecule has 1 aromatic rings. The third-order valence-corrected chi connectivity index (χ3v) is 2.30. The molecule has 0 atom stereocenters. The third-order valence-electron chi connectivity index (χ3n) is 1.76. The van der Waals surface area contributed by atoms with Crippen molar-refractivity contribution in [1.29, 1.82) is 0 Å². The molecule has 0 fully saturated rings. The Kier molecular flexibility index (Phi) is 4.01. The summed E-state index contributed by atoms with van der Waals surface area (Å²) in [5, 5.41) is 0.282. The van der Waals surface area contributed by atoms with Gasteiger partial charge in [0.05, 0.1) is 12.8 Å². The van der Waals surface area contributed by atoms with E-state index in [0.717, 1.165) is 0 Å². The highest BCUT2D eigenvalue weighted by Gasteiger charge is 2.32. The molecule has 1 heterocycles. The van der Waals surface area contributed by atoms with E-state index in [1.165, 1.54) is 20.1 Å². The second-order valence-electron chi connectivity index (χ2n) is 2.94. The summed E-state index contributed by atoms with van der Waals surface area (Å²) in [7, 11) is 1.42. The first-order valence-corrected chi connectivity index (χ1v) is 5.35. The Labute approximate surface area is 98.7 Å². The molecule has 1 aromatic heterocycles. The first-order chi connectivity index (χ1) is 7.37. The molecular weight excluding hydrogens is 291 g/mol. The van der Waals surface area contributed by atoms with E-state index in [2.05, 4.69) is 25.7 Å². The maximum absolute atomic E-state index is 12.0. The molecule has 0 aliphatic carbocycles. The molecule has 0 spiro atoms. The lowest BCUT2D eigenvalue weighted by atomic mass is 10.2. The monoisotopic (exact) mass is 299 g/mol. The Morgan fingerprint density at radius 1 is 1.44 bits per heavy atom. The van der Waals surface area contributed by atoms with Crippen molar-refractivity contribution < 1.29 is 22.6 Å². The molecule has 0 amide bonds. The van der Waals surface area contributed by atoms with Crippen LogP contribution in [0.3, 0.4) is 0 Å². The van der Waals surface area contributed by atoms with E-state index >= 15 is 0 Å². The van der Waals surface area contributed by atoms with Crippen LogP contribution < -0.4 is 9.47 Å². The SMILES string of the molecule is COc1cc(C)c(OC(F)(F)F)nc1CBr. The lowest BCUT2D eigenvalue weighted by Gasteiger charge is -2.13. The molecule has 0 saturated carbocycles. The van der Waals surface area contributed by atoms with Crippen LogP contribution in [0, 0.1) is 6.92 Å². The number of pyridine rings is 1. The number of halogens is 4. The molecule has 0 saturated heterocycles. The first-order valence-electron chi connectivity index (χ1n) is 4.23. The largest absolute Gasteiger partial charge is 0.574 e. The van der Waals surface area contributed by atoms with Crippen LogP contribution in [-0.4, -0.2) is 18.5 Å². The molecule has 16 heavy (non-hydrogen) atoms. The number of aromatic nitrogens is 1. The number of methoxy groups -OCH3 is 1. The van der Waals surface area contributed by atoms with Gasteiger partial charge in [0.2, 0.25) is 5.88 Å². The molecule has 0 unspecified atom stereocenters. The Morgan fingerprint density at radius 2 is 2.06 bits per heavy atom. The highest BCUT2D eigenvalue weighted by Crippen LogP contribution is 2.29. The molecule has 1 rings (SSSR count). The van der Waals surface area contributed by atoms with E-state index in [9.17, 15) is 13.2 Å². The zero-order chi connectivity index (χ0) is 12.3. The molecule has 0 bridgehead atoms. The average Bonchev–Trinajstić information content (AvgIpc) is 2.18. The third kappa shape index (κ3) is 3.26. The van der Waals surface area contributed by atoms with Gasteiger partial charge in [-0.25, -0.2) is 4.98 Å². The average molecular weight is 300 g/mol. The highest BCUT2D eigenvalue weighted by molar-refractivity contribution is 9.08. The van der Waals surface area contributed by atoms with Gasteiger partial charge in [0.1, 0.15) is 5.75 Å². The minimum absolute atomic E-state index is 0.263. The summed E-state index contributed by atoms with van der Waals surface area (Å²) in [5.74, 6) is -0.0355. The predicted octanol–water partition coefficient (Wildman–Crippen LogP) is 3.19. The summed E-state index contributed by atoms with van der Waals surface area (Å²) >= 11 is 3.11. The van der Waals surface area contributed by atoms with E-state index in [-0.39, 0.29) is 10.9 Å². The van der Waals surface area contributed by atoms with Crippen molar-refractivity contribution in [3.8, 4) is 11.6 Å². The predicted molar refractivity (Wildman–Crippen MR) is 54.8 cm³/mol. The van der Waals surface area contributed by atoms with Gasteiger partial charge in [-0.3, -0.25) is 0 Å². The topological polar surface area (TPSA) is 31.4 Å². The second kappa shape index (κ2) is 4.90. The van der Waals surface area contributed by atoms with Gasteiger partial charge in [-0.1, -0.05) is 15.9 Å². The minimum Gasteiger partial charge on any atom is -0.495 e. The molecule has 0 aliphatic rings. The maximum Gasteiger partial charge on any atom is 0.574 e. The van der Waals surface area contributed by atoms with Gasteiger partial charge in [0.15, 0.2) is 0 Å². The van der Waals surface area contributed by atoms with Crippen LogP contribution in [0.15, 0.2) is 6.07 Å². The van der Waals surface area contributed by atoms with Crippen molar-refractivity contribution in [2.24, 2.45) is 0 Å². The van der Waals surface area contributed by atoms with Crippen LogP contribution in [0.4, 0.5) is 13.2 Å². The van der Waals surface area contributed by atoms with Crippen LogP contribution in [0.25, 0.3) is 0 Å². The van der Waals surface area contributed by atoms with E-state index in [4.69, 9.17) is 4.74 Å². The van der Waals surface area contributed by atoms with Gasteiger partial charge >= 0.3 is 6.36 Å². The molecular formula is C9H9BrF3NO2. The Hall–Kier alpha value is -0.980. The van der Waals surface area contributed by atoms with Crippen molar-refractivity contribution in [1.82, 2.24) is 4.98 Å². The fourth-order valence-electron chi connectivity index (χ4n) is 1.09. The van der Waals surface area contributed by atoms with E-state index in [1.54, 1.807) is 0 Å². The lowest BCUT2D eigenvalue weighted by molar-refractivity contribution is -0.276. The maximum atomic E-state index is 12.0. The number of hydrogen-bond acceptors (Lipinski definition) is 3. The van der Waals surface area contributed by atoms with Crippen molar-refractivity contribution in [2.75, 3.05) is 7.11 Å². The van der Waals surface area contributed by atoms with Gasteiger partial charge < -0.3 is 9.47 Å². The van der Waals surface area contributed by atoms with Crippen LogP contribution in [0.2, 0.25) is 0 Å². The number of ether oxygens (including phenoxy) is 2. The number of nitrogens with zero attached hydrogens (tertiary/aromatic N) is 1. The molecule has 0 radical (unpaired) electrons. The van der Waals surface area contributed by atoms with Gasteiger partial charge in [-0.05, 0) is 13.0 Å². The fraction of sp³-hybridized carbons (Fsp3) is 0.444. The quantitative estimate of drug-likeness (QED) is 0.803. The normalized spacial score (nSPS) is 11.4. The second-order valence-corrected chi connectivity index (χ2v) is 3.50. The summed E-state index contributed by atoms with van der Waals surface area (Å²) in [4.78, 5) is 3.73. The number of hydrogen-bond donors (Lipinski definition) is 0. The summed E-state index contributed by atoms with van der Waals surface area (Å²) < 4.78 is 44.9. The molecule has 0 N–H and O–H groups in total. The number of rotatable bonds is 3. The van der Waals surface area contributed by atoms with Gasteiger partial charge in [0, 0.05) is 10.9 Å². The smallest absolute Gasteiger partial charge is 0.495 e. The van der Waals surface area contributed by atoms with Gasteiger partial charge in [-0.2, -0.15) is 0 Å². The van der Waals surface area contributed by atoms with Crippen molar-refractivity contribution >= 4 is 15.9 Å². The highest BCUT2D eigenvalue weighted by atomic mass is 79.9. The lowest BCUT2D eigenvalue weighted by Crippen LogP contribution is -2.19.